The Bertz CT molecular complexity index is 192. The van der Waals surface area contributed by atoms with Crippen LogP contribution in [0.2, 0.25) is 0 Å². The number of rotatable bonds is 6. The van der Waals surface area contributed by atoms with E-state index in [-0.39, 0.29) is 0 Å². The van der Waals surface area contributed by atoms with E-state index in [2.05, 4.69) is 38.0 Å². The highest BCUT2D eigenvalue weighted by Crippen LogP contribution is 2.28. The van der Waals surface area contributed by atoms with Crippen LogP contribution in [0.15, 0.2) is 0 Å². The lowest BCUT2D eigenvalue weighted by Crippen LogP contribution is -2.50. The van der Waals surface area contributed by atoms with Crippen LogP contribution < -0.4 is 5.32 Å². The van der Waals surface area contributed by atoms with Crippen LogP contribution in [0.1, 0.15) is 33.6 Å². The van der Waals surface area contributed by atoms with Crippen molar-refractivity contribution in [1.82, 2.24) is 10.2 Å². The van der Waals surface area contributed by atoms with Crippen molar-refractivity contribution < 1.29 is 4.74 Å². The zero-order valence-electron chi connectivity index (χ0n) is 11.4. The van der Waals surface area contributed by atoms with E-state index in [1.165, 1.54) is 19.4 Å². The number of nitrogens with one attached hydrogen (secondary N) is 1. The molecule has 1 N–H and O–H groups in total. The zero-order valence-corrected chi connectivity index (χ0v) is 11.4. The predicted molar refractivity (Wildman–Crippen MR) is 68.8 cm³/mol. The third-order valence-electron chi connectivity index (χ3n) is 4.10. The summed E-state index contributed by atoms with van der Waals surface area (Å²) in [6.07, 6.45) is 2.49. The Balaban J connectivity index is 2.58. The highest BCUT2D eigenvalue weighted by molar-refractivity contribution is 4.85. The summed E-state index contributed by atoms with van der Waals surface area (Å²) in [5.74, 6) is 0. The van der Waals surface area contributed by atoms with Gasteiger partial charge in [-0.15, -0.1) is 0 Å². The smallest absolute Gasteiger partial charge is 0.0619 e. The van der Waals surface area contributed by atoms with Gasteiger partial charge in [-0.05, 0) is 32.2 Å². The minimum Gasteiger partial charge on any atom is -0.379 e. The molecule has 0 spiro atoms. The van der Waals surface area contributed by atoms with Crippen LogP contribution in [0.4, 0.5) is 0 Å². The molecule has 16 heavy (non-hydrogen) atoms. The molecule has 0 aromatic heterocycles. The van der Waals surface area contributed by atoms with Gasteiger partial charge in [-0.25, -0.2) is 0 Å². The number of hydrogen-bond donors (Lipinski definition) is 1. The second-order valence-corrected chi connectivity index (χ2v) is 5.13. The number of nitrogens with zero attached hydrogens (tertiary/aromatic N) is 1. The Morgan fingerprint density at radius 2 is 2.06 bits per heavy atom. The van der Waals surface area contributed by atoms with Crippen LogP contribution in [-0.4, -0.2) is 50.8 Å². The average Bonchev–Trinajstić information content (AvgIpc) is 2.31. The summed E-state index contributed by atoms with van der Waals surface area (Å²) in [5.41, 5.74) is 0.431. The molecule has 0 aromatic carbocycles. The molecule has 0 bridgehead atoms. The van der Waals surface area contributed by atoms with Gasteiger partial charge < -0.3 is 10.1 Å². The summed E-state index contributed by atoms with van der Waals surface area (Å²) in [6.45, 7) is 12.1. The lowest BCUT2D eigenvalue weighted by Gasteiger charge is -2.41. The van der Waals surface area contributed by atoms with E-state index in [0.717, 1.165) is 26.3 Å². The van der Waals surface area contributed by atoms with Gasteiger partial charge in [0.2, 0.25) is 0 Å². The van der Waals surface area contributed by atoms with Crippen molar-refractivity contribution in [3.63, 3.8) is 0 Å². The van der Waals surface area contributed by atoms with E-state index >= 15 is 0 Å². The molecule has 0 aromatic rings. The summed E-state index contributed by atoms with van der Waals surface area (Å²) in [6, 6.07) is 0.572. The molecule has 96 valence electrons. The maximum absolute atomic E-state index is 5.50. The van der Waals surface area contributed by atoms with Crippen molar-refractivity contribution in [1.29, 1.82) is 0 Å². The molecule has 0 amide bonds. The van der Waals surface area contributed by atoms with Crippen molar-refractivity contribution in [2.75, 3.05) is 39.9 Å². The molecule has 0 radical (unpaired) electrons. The van der Waals surface area contributed by atoms with E-state index in [4.69, 9.17) is 4.74 Å². The van der Waals surface area contributed by atoms with Gasteiger partial charge >= 0.3 is 0 Å². The first-order valence-corrected chi connectivity index (χ1v) is 6.64. The summed E-state index contributed by atoms with van der Waals surface area (Å²) >= 11 is 0. The molecular formula is C13H28N2O. The predicted octanol–water partition coefficient (Wildman–Crippen LogP) is 1.73. The normalized spacial score (nSPS) is 23.6. The second kappa shape index (κ2) is 6.58. The molecule has 3 nitrogen and oxygen atoms in total. The van der Waals surface area contributed by atoms with Crippen molar-refractivity contribution in [2.45, 2.75) is 39.7 Å². The van der Waals surface area contributed by atoms with Crippen LogP contribution in [0.25, 0.3) is 0 Å². The maximum Gasteiger partial charge on any atom is 0.0619 e. The highest BCUT2D eigenvalue weighted by Gasteiger charge is 2.31. The first-order valence-electron chi connectivity index (χ1n) is 6.64. The van der Waals surface area contributed by atoms with Gasteiger partial charge in [-0.1, -0.05) is 13.8 Å². The van der Waals surface area contributed by atoms with Crippen LogP contribution >= 0.6 is 0 Å². The largest absolute Gasteiger partial charge is 0.379 e. The second-order valence-electron chi connectivity index (χ2n) is 5.13. The van der Waals surface area contributed by atoms with E-state index in [9.17, 15) is 0 Å². The fourth-order valence-corrected chi connectivity index (χ4v) is 2.58. The van der Waals surface area contributed by atoms with Crippen molar-refractivity contribution in [2.24, 2.45) is 5.41 Å². The summed E-state index contributed by atoms with van der Waals surface area (Å²) in [7, 11) is 2.06. The fourth-order valence-electron chi connectivity index (χ4n) is 2.58. The number of ether oxygens (including phenoxy) is 1. The molecule has 0 aliphatic carbocycles. The SMILES string of the molecule is CCC(CC)(CNC)CN1CCOCC1C. The van der Waals surface area contributed by atoms with Crippen LogP contribution in [0.3, 0.4) is 0 Å². The maximum atomic E-state index is 5.50. The summed E-state index contributed by atoms with van der Waals surface area (Å²) in [4.78, 5) is 2.59. The average molecular weight is 228 g/mol. The molecule has 1 atom stereocenters. The molecule has 0 saturated carbocycles. The van der Waals surface area contributed by atoms with Gasteiger partial charge in [0.15, 0.2) is 0 Å². The molecule has 1 rings (SSSR count). The van der Waals surface area contributed by atoms with Gasteiger partial charge in [-0.3, -0.25) is 4.90 Å². The quantitative estimate of drug-likeness (QED) is 0.749. The minimum atomic E-state index is 0.431. The first kappa shape index (κ1) is 13.9. The summed E-state index contributed by atoms with van der Waals surface area (Å²) in [5, 5.41) is 3.36. The standard InChI is InChI=1S/C13H28N2O/c1-5-13(6-2,10-14-4)11-15-7-8-16-9-12(15)3/h12,14H,5-11H2,1-4H3. The first-order chi connectivity index (χ1) is 7.67. The van der Waals surface area contributed by atoms with Gasteiger partial charge in [0.25, 0.3) is 0 Å². The molecule has 1 saturated heterocycles. The van der Waals surface area contributed by atoms with Crippen LogP contribution in [-0.2, 0) is 4.74 Å². The Hall–Kier alpha value is -0.120. The molecule has 1 heterocycles. The lowest BCUT2D eigenvalue weighted by molar-refractivity contribution is -0.0218. The molecule has 1 aliphatic rings. The highest BCUT2D eigenvalue weighted by atomic mass is 16.5. The third kappa shape index (κ3) is 3.44. The van der Waals surface area contributed by atoms with Crippen molar-refractivity contribution in [3.8, 4) is 0 Å². The Morgan fingerprint density at radius 3 is 2.56 bits per heavy atom. The van der Waals surface area contributed by atoms with E-state index < -0.39 is 0 Å². The Labute approximate surface area is 101 Å². The topological polar surface area (TPSA) is 24.5 Å². The molecule has 1 fully saturated rings. The zero-order chi connectivity index (χ0) is 12.0. The molecule has 1 aliphatic heterocycles. The Morgan fingerprint density at radius 1 is 1.38 bits per heavy atom. The van der Waals surface area contributed by atoms with E-state index in [1.807, 2.05) is 0 Å². The van der Waals surface area contributed by atoms with Crippen LogP contribution in [0, 0.1) is 5.41 Å². The van der Waals surface area contributed by atoms with Crippen LogP contribution in [0.5, 0.6) is 0 Å². The van der Waals surface area contributed by atoms with E-state index in [0.29, 0.717) is 11.5 Å². The van der Waals surface area contributed by atoms with Gasteiger partial charge in [0, 0.05) is 25.7 Å². The number of morpholine rings is 1. The minimum absolute atomic E-state index is 0.431. The molecule has 1 unspecified atom stereocenters. The Kier molecular flexibility index (Phi) is 5.73. The van der Waals surface area contributed by atoms with Gasteiger partial charge in [0.05, 0.1) is 13.2 Å². The van der Waals surface area contributed by atoms with Crippen molar-refractivity contribution >= 4 is 0 Å². The van der Waals surface area contributed by atoms with Gasteiger partial charge in [0.1, 0.15) is 0 Å². The fraction of sp³-hybridized carbons (Fsp3) is 1.00. The van der Waals surface area contributed by atoms with Crippen molar-refractivity contribution in [3.05, 3.63) is 0 Å². The lowest BCUT2D eigenvalue weighted by atomic mass is 9.81. The molecular weight excluding hydrogens is 200 g/mol. The van der Waals surface area contributed by atoms with Gasteiger partial charge in [-0.2, -0.15) is 0 Å². The monoisotopic (exact) mass is 228 g/mol. The number of hydrogen-bond acceptors (Lipinski definition) is 3. The molecule has 3 heteroatoms. The third-order valence-corrected chi connectivity index (χ3v) is 4.10. The summed E-state index contributed by atoms with van der Waals surface area (Å²) < 4.78 is 5.50. The van der Waals surface area contributed by atoms with E-state index in [1.54, 1.807) is 0 Å².